The van der Waals surface area contributed by atoms with Gasteiger partial charge in [-0.1, -0.05) is 30.0 Å². The predicted octanol–water partition coefficient (Wildman–Crippen LogP) is 2.67. The van der Waals surface area contributed by atoms with Gasteiger partial charge in [-0.05, 0) is 18.6 Å². The molecule has 0 aliphatic carbocycles. The number of hydrogen-bond acceptors (Lipinski definition) is 3. The van der Waals surface area contributed by atoms with Gasteiger partial charge in [0.05, 0.1) is 4.90 Å². The van der Waals surface area contributed by atoms with Crippen LogP contribution in [0.5, 0.6) is 0 Å². The third-order valence-electron chi connectivity index (χ3n) is 2.67. The van der Waals surface area contributed by atoms with E-state index in [2.05, 4.69) is 4.99 Å². The van der Waals surface area contributed by atoms with Gasteiger partial charge in [0.1, 0.15) is 16.0 Å². The molecule has 2 heterocycles. The van der Waals surface area contributed by atoms with E-state index in [1.54, 1.807) is 6.07 Å². The van der Waals surface area contributed by atoms with Gasteiger partial charge in [-0.15, -0.1) is 0 Å². The Morgan fingerprint density at radius 3 is 3.19 bits per heavy atom. The molecule has 0 spiro atoms. The average molecular weight is 252 g/mol. The second-order valence-electron chi connectivity index (χ2n) is 3.70. The van der Waals surface area contributed by atoms with Crippen LogP contribution in [0.25, 0.3) is 0 Å². The first-order valence-corrected chi connectivity index (χ1v) is 6.32. The zero-order chi connectivity index (χ0) is 11.1. The summed E-state index contributed by atoms with van der Waals surface area (Å²) in [5.74, 6) is 0.627. The third-order valence-corrected chi connectivity index (χ3v) is 4.16. The van der Waals surface area contributed by atoms with Crippen LogP contribution in [-0.2, 0) is 0 Å². The number of amidine groups is 1. The van der Waals surface area contributed by atoms with Crippen molar-refractivity contribution in [3.63, 3.8) is 0 Å². The molecule has 0 N–H and O–H groups in total. The molecule has 1 aromatic rings. The van der Waals surface area contributed by atoms with Gasteiger partial charge in [-0.25, -0.2) is 4.39 Å². The van der Waals surface area contributed by atoms with E-state index >= 15 is 0 Å². The summed E-state index contributed by atoms with van der Waals surface area (Å²) in [6.07, 6.45) is 1.01. The van der Waals surface area contributed by atoms with Gasteiger partial charge in [0.15, 0.2) is 0 Å². The number of benzene rings is 1. The van der Waals surface area contributed by atoms with E-state index in [9.17, 15) is 4.39 Å². The van der Waals surface area contributed by atoms with Crippen LogP contribution >= 0.6 is 24.0 Å². The molecule has 0 saturated heterocycles. The van der Waals surface area contributed by atoms with Crippen LogP contribution in [0.3, 0.4) is 0 Å². The normalized spacial score (nSPS) is 18.9. The summed E-state index contributed by atoms with van der Waals surface area (Å²) in [7, 11) is 0. The SMILES string of the molecule is Fc1cccc2c1SC(=S)N1CCCN=C21. The minimum absolute atomic E-state index is 0.210. The highest BCUT2D eigenvalue weighted by Crippen LogP contribution is 2.35. The Kier molecular flexibility index (Phi) is 2.44. The van der Waals surface area contributed by atoms with Crippen molar-refractivity contribution in [1.82, 2.24) is 4.90 Å². The van der Waals surface area contributed by atoms with E-state index in [0.717, 1.165) is 30.9 Å². The molecular formula is C11H9FN2S2. The minimum atomic E-state index is -0.210. The monoisotopic (exact) mass is 252 g/mol. The molecular weight excluding hydrogens is 243 g/mol. The molecule has 0 atom stereocenters. The summed E-state index contributed by atoms with van der Waals surface area (Å²) in [5.41, 5.74) is 0.873. The largest absolute Gasteiger partial charge is 0.311 e. The van der Waals surface area contributed by atoms with Gasteiger partial charge in [0, 0.05) is 18.7 Å². The predicted molar refractivity (Wildman–Crippen MR) is 67.6 cm³/mol. The first kappa shape index (κ1) is 10.2. The fourth-order valence-corrected chi connectivity index (χ4v) is 3.27. The van der Waals surface area contributed by atoms with Crippen LogP contribution in [0.1, 0.15) is 12.0 Å². The van der Waals surface area contributed by atoms with E-state index in [1.165, 1.54) is 17.8 Å². The Bertz CT molecular complexity index is 499. The average Bonchev–Trinajstić information content (AvgIpc) is 2.31. The molecule has 0 fully saturated rings. The van der Waals surface area contributed by atoms with Crippen molar-refractivity contribution in [2.45, 2.75) is 11.3 Å². The zero-order valence-corrected chi connectivity index (χ0v) is 10.1. The molecule has 2 nitrogen and oxygen atoms in total. The Balaban J connectivity index is 2.20. The topological polar surface area (TPSA) is 15.6 Å². The van der Waals surface area contributed by atoms with E-state index in [1.807, 2.05) is 11.0 Å². The molecule has 2 aliphatic rings. The van der Waals surface area contributed by atoms with Crippen molar-refractivity contribution in [3.05, 3.63) is 29.6 Å². The first-order valence-electron chi connectivity index (χ1n) is 5.10. The van der Waals surface area contributed by atoms with Gasteiger partial charge in [-0.3, -0.25) is 4.99 Å². The number of thioether (sulfide) groups is 1. The Morgan fingerprint density at radius 1 is 1.44 bits per heavy atom. The maximum Gasteiger partial charge on any atom is 0.146 e. The summed E-state index contributed by atoms with van der Waals surface area (Å²) in [4.78, 5) is 7.08. The van der Waals surface area contributed by atoms with Crippen molar-refractivity contribution in [1.29, 1.82) is 0 Å². The Hall–Kier alpha value is -0.940. The Labute approximate surface area is 103 Å². The number of nitrogens with zero attached hydrogens (tertiary/aromatic N) is 2. The molecule has 82 valence electrons. The minimum Gasteiger partial charge on any atom is -0.311 e. The van der Waals surface area contributed by atoms with Crippen LogP contribution < -0.4 is 0 Å². The number of fused-ring (bicyclic) bond motifs is 3. The number of aliphatic imine (C=N–C) groups is 1. The summed E-state index contributed by atoms with van der Waals surface area (Å²) in [6, 6.07) is 5.09. The summed E-state index contributed by atoms with van der Waals surface area (Å²) in [6.45, 7) is 1.69. The smallest absolute Gasteiger partial charge is 0.146 e. The van der Waals surface area contributed by atoms with Gasteiger partial charge in [-0.2, -0.15) is 0 Å². The number of halogens is 1. The van der Waals surface area contributed by atoms with Crippen LogP contribution in [0.4, 0.5) is 4.39 Å². The molecule has 0 unspecified atom stereocenters. The number of hydrogen-bond donors (Lipinski definition) is 0. The van der Waals surface area contributed by atoms with E-state index in [4.69, 9.17) is 12.2 Å². The second kappa shape index (κ2) is 3.82. The van der Waals surface area contributed by atoms with Crippen LogP contribution in [0, 0.1) is 5.82 Å². The van der Waals surface area contributed by atoms with Crippen molar-refractivity contribution in [2.75, 3.05) is 13.1 Å². The maximum atomic E-state index is 13.6. The van der Waals surface area contributed by atoms with Crippen LogP contribution in [0.2, 0.25) is 0 Å². The van der Waals surface area contributed by atoms with Crippen molar-refractivity contribution < 1.29 is 4.39 Å². The highest BCUT2D eigenvalue weighted by molar-refractivity contribution is 8.23. The molecule has 1 aromatic carbocycles. The highest BCUT2D eigenvalue weighted by atomic mass is 32.2. The van der Waals surface area contributed by atoms with Gasteiger partial charge in [0.2, 0.25) is 0 Å². The van der Waals surface area contributed by atoms with Gasteiger partial charge >= 0.3 is 0 Å². The Morgan fingerprint density at radius 2 is 2.31 bits per heavy atom. The second-order valence-corrected chi connectivity index (χ2v) is 5.34. The lowest BCUT2D eigenvalue weighted by molar-refractivity contribution is 0.554. The standard InChI is InChI=1S/C11H9FN2S2/c12-8-4-1-3-7-9(8)16-11(15)14-6-2-5-13-10(7)14/h1,3-4H,2,5-6H2. The first-order chi connectivity index (χ1) is 7.77. The van der Waals surface area contributed by atoms with Crippen molar-refractivity contribution in [2.24, 2.45) is 4.99 Å². The molecule has 0 amide bonds. The van der Waals surface area contributed by atoms with Crippen molar-refractivity contribution >= 4 is 34.1 Å². The fourth-order valence-electron chi connectivity index (χ4n) is 1.94. The lowest BCUT2D eigenvalue weighted by Crippen LogP contribution is -2.41. The molecule has 0 saturated carbocycles. The summed E-state index contributed by atoms with van der Waals surface area (Å²) >= 11 is 6.61. The summed E-state index contributed by atoms with van der Waals surface area (Å²) < 4.78 is 14.4. The van der Waals surface area contributed by atoms with Crippen LogP contribution in [0.15, 0.2) is 28.1 Å². The number of rotatable bonds is 0. The van der Waals surface area contributed by atoms with Crippen LogP contribution in [-0.4, -0.2) is 28.1 Å². The highest BCUT2D eigenvalue weighted by Gasteiger charge is 2.30. The quantitative estimate of drug-likeness (QED) is 0.660. The molecule has 3 rings (SSSR count). The zero-order valence-electron chi connectivity index (χ0n) is 8.44. The van der Waals surface area contributed by atoms with Gasteiger partial charge in [0.25, 0.3) is 0 Å². The number of thiocarbonyl (C=S) groups is 1. The van der Waals surface area contributed by atoms with E-state index in [-0.39, 0.29) is 5.82 Å². The van der Waals surface area contributed by atoms with Crippen molar-refractivity contribution in [3.8, 4) is 0 Å². The van der Waals surface area contributed by atoms with E-state index in [0.29, 0.717) is 9.22 Å². The third kappa shape index (κ3) is 1.46. The lowest BCUT2D eigenvalue weighted by atomic mass is 10.1. The van der Waals surface area contributed by atoms with Gasteiger partial charge < -0.3 is 4.90 Å². The molecule has 0 bridgehead atoms. The summed E-state index contributed by atoms with van der Waals surface area (Å²) in [5, 5.41) is 0. The molecule has 16 heavy (non-hydrogen) atoms. The lowest BCUT2D eigenvalue weighted by Gasteiger charge is -2.34. The molecule has 5 heteroatoms. The maximum absolute atomic E-state index is 13.6. The molecule has 2 aliphatic heterocycles. The van der Waals surface area contributed by atoms with E-state index < -0.39 is 0 Å². The fraction of sp³-hybridized carbons (Fsp3) is 0.273. The molecule has 0 radical (unpaired) electrons. The molecule has 0 aromatic heterocycles.